The highest BCUT2D eigenvalue weighted by molar-refractivity contribution is 7.97. The minimum atomic E-state index is -0.209. The quantitative estimate of drug-likeness (QED) is 0.466. The normalized spacial score (nSPS) is 14.4. The number of anilines is 1. The van der Waals surface area contributed by atoms with Crippen LogP contribution in [0.2, 0.25) is 0 Å². The Morgan fingerprint density at radius 3 is 2.63 bits per heavy atom. The summed E-state index contributed by atoms with van der Waals surface area (Å²) in [4.78, 5) is 17.9. The van der Waals surface area contributed by atoms with Gasteiger partial charge in [0.2, 0.25) is 5.91 Å². The van der Waals surface area contributed by atoms with E-state index in [-0.39, 0.29) is 11.7 Å². The molecule has 0 spiro atoms. The molecule has 1 heterocycles. The van der Waals surface area contributed by atoms with E-state index in [2.05, 4.69) is 38.0 Å². The second-order valence-corrected chi connectivity index (χ2v) is 7.93. The Labute approximate surface area is 181 Å². The third kappa shape index (κ3) is 6.13. The topological polar surface area (TPSA) is 68.8 Å². The van der Waals surface area contributed by atoms with Gasteiger partial charge in [0, 0.05) is 44.7 Å². The number of carbonyl (C=O) groups excluding carboxylic acids is 1. The summed E-state index contributed by atoms with van der Waals surface area (Å²) in [5.41, 5.74) is 4.22. The van der Waals surface area contributed by atoms with Gasteiger partial charge in [-0.05, 0) is 47.2 Å². The monoisotopic (exact) mass is 429 g/mol. The summed E-state index contributed by atoms with van der Waals surface area (Å²) in [6, 6.07) is 13.1. The van der Waals surface area contributed by atoms with Crippen LogP contribution in [-0.2, 0) is 23.6 Å². The summed E-state index contributed by atoms with van der Waals surface area (Å²) in [5.74, 6) is 1.31. The van der Waals surface area contributed by atoms with Crippen LogP contribution in [0.15, 0.2) is 47.5 Å². The molecule has 0 bridgehead atoms. The first kappa shape index (κ1) is 22.0. The summed E-state index contributed by atoms with van der Waals surface area (Å²) in [6.07, 6.45) is 2.01. The largest absolute Gasteiger partial charge is 0.360 e. The highest BCUT2D eigenvalue weighted by Gasteiger charge is 2.16. The minimum absolute atomic E-state index is 0.0590. The van der Waals surface area contributed by atoms with Gasteiger partial charge in [-0.25, -0.2) is 4.39 Å². The van der Waals surface area contributed by atoms with Crippen molar-refractivity contribution in [2.45, 2.75) is 18.8 Å². The van der Waals surface area contributed by atoms with Crippen molar-refractivity contribution in [3.05, 3.63) is 65.0 Å². The second-order valence-electron chi connectivity index (χ2n) is 7.06. The summed E-state index contributed by atoms with van der Waals surface area (Å²) in [5, 5.41) is 9.44. The van der Waals surface area contributed by atoms with Crippen molar-refractivity contribution in [3.63, 3.8) is 0 Å². The van der Waals surface area contributed by atoms with E-state index < -0.39 is 0 Å². The average molecular weight is 430 g/mol. The Bertz CT molecular complexity index is 888. The molecular formula is C22H28FN5OS. The van der Waals surface area contributed by atoms with Crippen LogP contribution in [0.1, 0.15) is 16.7 Å². The zero-order chi connectivity index (χ0) is 21.3. The zero-order valence-electron chi connectivity index (χ0n) is 17.4. The number of thioether (sulfide) groups is 1. The van der Waals surface area contributed by atoms with E-state index >= 15 is 0 Å². The molecule has 3 N–H and O–H groups in total. The lowest BCUT2D eigenvalue weighted by Crippen LogP contribution is -2.47. The summed E-state index contributed by atoms with van der Waals surface area (Å²) >= 11 is 1.67. The second kappa shape index (κ2) is 10.9. The van der Waals surface area contributed by atoms with Crippen LogP contribution >= 0.6 is 11.8 Å². The number of carbonyl (C=O) groups is 1. The maximum atomic E-state index is 13.5. The number of benzene rings is 2. The van der Waals surface area contributed by atoms with Crippen molar-refractivity contribution in [1.29, 1.82) is 0 Å². The average Bonchev–Trinajstić information content (AvgIpc) is 2.75. The molecule has 1 aliphatic heterocycles. The molecule has 160 valence electrons. The lowest BCUT2D eigenvalue weighted by atomic mass is 10.1. The van der Waals surface area contributed by atoms with Gasteiger partial charge in [0.15, 0.2) is 5.96 Å². The first-order valence-corrected chi connectivity index (χ1v) is 11.3. The maximum Gasteiger partial charge on any atom is 0.239 e. The van der Waals surface area contributed by atoms with Crippen molar-refractivity contribution in [3.8, 4) is 0 Å². The van der Waals surface area contributed by atoms with Gasteiger partial charge in [0.1, 0.15) is 5.82 Å². The number of rotatable bonds is 7. The molecule has 0 atom stereocenters. The molecule has 2 aromatic rings. The van der Waals surface area contributed by atoms with E-state index in [1.54, 1.807) is 24.9 Å². The lowest BCUT2D eigenvalue weighted by Gasteiger charge is -2.28. The molecule has 2 aromatic carbocycles. The Morgan fingerprint density at radius 1 is 1.17 bits per heavy atom. The molecule has 0 saturated carbocycles. The molecule has 1 aliphatic rings. The van der Waals surface area contributed by atoms with Gasteiger partial charge in [-0.1, -0.05) is 18.2 Å². The predicted molar refractivity (Wildman–Crippen MR) is 122 cm³/mol. The molecule has 6 nitrogen and oxygen atoms in total. The number of amides is 1. The highest BCUT2D eigenvalue weighted by Crippen LogP contribution is 2.17. The van der Waals surface area contributed by atoms with Crippen molar-refractivity contribution in [2.24, 2.45) is 4.99 Å². The predicted octanol–water partition coefficient (Wildman–Crippen LogP) is 2.49. The summed E-state index contributed by atoms with van der Waals surface area (Å²) in [7, 11) is 1.73. The number of halogens is 1. The fourth-order valence-electron chi connectivity index (χ4n) is 3.33. The van der Waals surface area contributed by atoms with Crippen LogP contribution in [0.5, 0.6) is 0 Å². The number of hydrogen-bond donors (Lipinski definition) is 3. The molecule has 0 radical (unpaired) electrons. The molecule has 1 amide bonds. The molecule has 8 heteroatoms. The van der Waals surface area contributed by atoms with Crippen LogP contribution < -0.4 is 20.9 Å². The van der Waals surface area contributed by atoms with Gasteiger partial charge in [0.25, 0.3) is 0 Å². The number of nitrogens with zero attached hydrogens (tertiary/aromatic N) is 2. The summed E-state index contributed by atoms with van der Waals surface area (Å²) < 4.78 is 13.5. The van der Waals surface area contributed by atoms with Crippen molar-refractivity contribution >= 4 is 29.3 Å². The molecule has 0 unspecified atom stereocenters. The number of guanidine groups is 1. The molecular weight excluding hydrogens is 401 g/mol. The van der Waals surface area contributed by atoms with Gasteiger partial charge < -0.3 is 20.9 Å². The lowest BCUT2D eigenvalue weighted by molar-refractivity contribution is -0.120. The fraction of sp³-hybridized carbons (Fsp3) is 0.364. The maximum absolute atomic E-state index is 13.5. The van der Waals surface area contributed by atoms with Gasteiger partial charge in [-0.2, -0.15) is 11.8 Å². The number of nitrogens with one attached hydrogen (secondary N) is 3. The Balaban J connectivity index is 1.52. The Hall–Kier alpha value is -2.74. The summed E-state index contributed by atoms with van der Waals surface area (Å²) in [6.45, 7) is 3.10. The Kier molecular flexibility index (Phi) is 7.96. The number of aliphatic imine (C=N–C) groups is 1. The standard InChI is InChI=1S/C22H28FN5OS/c1-24-22(27-13-17-5-6-19(23)11-18(17)15-30-2)26-12-16-3-7-20(8-4-16)28-10-9-25-21(29)14-28/h3-8,11H,9-10,12-15H2,1-2H3,(H,25,29)(H2,24,26,27). The van der Waals surface area contributed by atoms with Crippen LogP contribution in [0.3, 0.4) is 0 Å². The van der Waals surface area contributed by atoms with E-state index in [0.717, 1.165) is 34.7 Å². The van der Waals surface area contributed by atoms with E-state index in [1.165, 1.54) is 6.07 Å². The molecule has 1 saturated heterocycles. The third-order valence-corrected chi connectivity index (χ3v) is 5.54. The van der Waals surface area contributed by atoms with Gasteiger partial charge >= 0.3 is 0 Å². The van der Waals surface area contributed by atoms with Crippen LogP contribution in [-0.4, -0.2) is 44.8 Å². The van der Waals surface area contributed by atoms with Crippen molar-refractivity contribution in [2.75, 3.05) is 37.8 Å². The zero-order valence-corrected chi connectivity index (χ0v) is 18.2. The fourth-order valence-corrected chi connectivity index (χ4v) is 3.91. The highest BCUT2D eigenvalue weighted by atomic mass is 32.2. The third-order valence-electron chi connectivity index (χ3n) is 4.94. The van der Waals surface area contributed by atoms with E-state index in [0.29, 0.717) is 32.1 Å². The molecule has 1 fully saturated rings. The van der Waals surface area contributed by atoms with E-state index in [1.807, 2.05) is 24.5 Å². The number of hydrogen-bond acceptors (Lipinski definition) is 4. The molecule has 30 heavy (non-hydrogen) atoms. The molecule has 3 rings (SSSR count). The molecule has 0 aliphatic carbocycles. The number of piperazine rings is 1. The first-order valence-electron chi connectivity index (χ1n) is 9.90. The van der Waals surface area contributed by atoms with Crippen LogP contribution in [0.25, 0.3) is 0 Å². The molecule has 0 aromatic heterocycles. The minimum Gasteiger partial charge on any atom is -0.360 e. The van der Waals surface area contributed by atoms with Crippen LogP contribution in [0, 0.1) is 5.82 Å². The Morgan fingerprint density at radius 2 is 1.93 bits per heavy atom. The van der Waals surface area contributed by atoms with Gasteiger partial charge in [-0.3, -0.25) is 9.79 Å². The van der Waals surface area contributed by atoms with Crippen LogP contribution in [0.4, 0.5) is 10.1 Å². The van der Waals surface area contributed by atoms with E-state index in [4.69, 9.17) is 0 Å². The van der Waals surface area contributed by atoms with E-state index in [9.17, 15) is 9.18 Å². The first-order chi connectivity index (χ1) is 14.6. The van der Waals surface area contributed by atoms with Gasteiger partial charge in [-0.15, -0.1) is 0 Å². The van der Waals surface area contributed by atoms with Gasteiger partial charge in [0.05, 0.1) is 6.54 Å². The SMILES string of the molecule is CN=C(NCc1ccc(N2CCNC(=O)C2)cc1)NCc1ccc(F)cc1CSC. The smallest absolute Gasteiger partial charge is 0.239 e. The van der Waals surface area contributed by atoms with Crippen molar-refractivity contribution in [1.82, 2.24) is 16.0 Å². The van der Waals surface area contributed by atoms with Crippen molar-refractivity contribution < 1.29 is 9.18 Å².